The molecule has 0 fully saturated rings. The van der Waals surface area contributed by atoms with Crippen LogP contribution in [-0.4, -0.2) is 6.61 Å². The normalized spacial score (nSPS) is 10.3. The predicted octanol–water partition coefficient (Wildman–Crippen LogP) is 4.03. The van der Waals surface area contributed by atoms with Crippen molar-refractivity contribution in [3.63, 3.8) is 0 Å². The van der Waals surface area contributed by atoms with Gasteiger partial charge >= 0.3 is 0 Å². The summed E-state index contributed by atoms with van der Waals surface area (Å²) < 4.78 is 5.77. The number of benzene rings is 2. The van der Waals surface area contributed by atoms with Crippen molar-refractivity contribution in [3.8, 4) is 16.9 Å². The second-order valence-corrected chi connectivity index (χ2v) is 4.42. The van der Waals surface area contributed by atoms with Gasteiger partial charge in [0.2, 0.25) is 0 Å². The van der Waals surface area contributed by atoms with Gasteiger partial charge in [0.25, 0.3) is 0 Å². The van der Waals surface area contributed by atoms with Crippen molar-refractivity contribution < 1.29 is 4.74 Å². The molecule has 0 atom stereocenters. The van der Waals surface area contributed by atoms with Crippen LogP contribution in [0.1, 0.15) is 18.9 Å². The van der Waals surface area contributed by atoms with E-state index in [9.17, 15) is 0 Å². The molecule has 2 aromatic rings. The molecule has 2 nitrogen and oxygen atoms in total. The highest BCUT2D eigenvalue weighted by Gasteiger charge is 2.06. The molecule has 2 heteroatoms. The van der Waals surface area contributed by atoms with Gasteiger partial charge in [-0.15, -0.1) is 0 Å². The van der Waals surface area contributed by atoms with Crippen molar-refractivity contribution in [3.05, 3.63) is 48.0 Å². The lowest BCUT2D eigenvalue weighted by atomic mass is 10.0. The smallest absolute Gasteiger partial charge is 0.127 e. The Hall–Kier alpha value is -1.96. The first-order valence-corrected chi connectivity index (χ1v) is 6.30. The van der Waals surface area contributed by atoms with Crippen LogP contribution in [0.5, 0.6) is 5.75 Å². The molecule has 0 aromatic heterocycles. The van der Waals surface area contributed by atoms with Crippen molar-refractivity contribution in [1.29, 1.82) is 0 Å². The summed E-state index contributed by atoms with van der Waals surface area (Å²) in [6, 6.07) is 14.2. The number of anilines is 1. The Morgan fingerprint density at radius 1 is 1.11 bits per heavy atom. The van der Waals surface area contributed by atoms with E-state index in [1.165, 1.54) is 0 Å². The number of para-hydroxylation sites is 1. The van der Waals surface area contributed by atoms with Gasteiger partial charge in [-0.25, -0.2) is 0 Å². The molecule has 0 radical (unpaired) electrons. The number of nitrogens with two attached hydrogens (primary N) is 1. The molecule has 2 aromatic carbocycles. The fraction of sp³-hybridized carbons (Fsp3) is 0.250. The summed E-state index contributed by atoms with van der Waals surface area (Å²) in [6.45, 7) is 4.85. The van der Waals surface area contributed by atoms with Gasteiger partial charge in [0.05, 0.1) is 6.61 Å². The van der Waals surface area contributed by atoms with Crippen LogP contribution in [0.2, 0.25) is 0 Å². The molecule has 0 heterocycles. The molecule has 0 aliphatic carbocycles. The molecule has 0 saturated carbocycles. The monoisotopic (exact) mass is 241 g/mol. The minimum atomic E-state index is 0.734. The second kappa shape index (κ2) is 5.58. The summed E-state index contributed by atoms with van der Waals surface area (Å²) in [5, 5.41) is 0. The van der Waals surface area contributed by atoms with Gasteiger partial charge in [0.15, 0.2) is 0 Å². The molecule has 18 heavy (non-hydrogen) atoms. The van der Waals surface area contributed by atoms with Crippen LogP contribution in [0, 0.1) is 6.92 Å². The van der Waals surface area contributed by atoms with Gasteiger partial charge in [0, 0.05) is 11.3 Å². The summed E-state index contributed by atoms with van der Waals surface area (Å²) in [5.41, 5.74) is 10.1. The van der Waals surface area contributed by atoms with E-state index in [4.69, 9.17) is 10.5 Å². The third-order valence-electron chi connectivity index (χ3n) is 2.94. The lowest BCUT2D eigenvalue weighted by molar-refractivity contribution is 0.318. The second-order valence-electron chi connectivity index (χ2n) is 4.42. The standard InChI is InChI=1S/C16H19NO/c1-3-10-18-16-7-5-4-6-14(16)13-9-8-12(2)15(17)11-13/h4-9,11H,3,10,17H2,1-2H3. The minimum Gasteiger partial charge on any atom is -0.493 e. The number of hydrogen-bond donors (Lipinski definition) is 1. The van der Waals surface area contributed by atoms with E-state index in [1.807, 2.05) is 37.3 Å². The SMILES string of the molecule is CCCOc1ccccc1-c1ccc(C)c(N)c1. The first kappa shape index (κ1) is 12.5. The van der Waals surface area contributed by atoms with Crippen LogP contribution in [-0.2, 0) is 0 Å². The number of ether oxygens (including phenoxy) is 1. The molecule has 0 unspecified atom stereocenters. The summed E-state index contributed by atoms with van der Waals surface area (Å²) >= 11 is 0. The van der Waals surface area contributed by atoms with Crippen LogP contribution in [0.4, 0.5) is 5.69 Å². The Kier molecular flexibility index (Phi) is 3.88. The van der Waals surface area contributed by atoms with Gasteiger partial charge in [-0.3, -0.25) is 0 Å². The zero-order chi connectivity index (χ0) is 13.0. The highest BCUT2D eigenvalue weighted by atomic mass is 16.5. The van der Waals surface area contributed by atoms with E-state index in [1.54, 1.807) is 0 Å². The maximum atomic E-state index is 5.97. The molecule has 0 aliphatic heterocycles. The first-order valence-electron chi connectivity index (χ1n) is 6.30. The van der Waals surface area contributed by atoms with Crippen LogP contribution in [0.15, 0.2) is 42.5 Å². The summed E-state index contributed by atoms with van der Waals surface area (Å²) in [5.74, 6) is 0.919. The quantitative estimate of drug-likeness (QED) is 0.820. The molecule has 2 N–H and O–H groups in total. The number of nitrogen functional groups attached to an aromatic ring is 1. The third-order valence-corrected chi connectivity index (χ3v) is 2.94. The highest BCUT2D eigenvalue weighted by Crippen LogP contribution is 2.31. The Bertz CT molecular complexity index is 534. The van der Waals surface area contributed by atoms with Crippen LogP contribution >= 0.6 is 0 Å². The van der Waals surface area contributed by atoms with Gasteiger partial charge < -0.3 is 10.5 Å². The fourth-order valence-electron chi connectivity index (χ4n) is 1.85. The van der Waals surface area contributed by atoms with Crippen molar-refractivity contribution in [1.82, 2.24) is 0 Å². The van der Waals surface area contributed by atoms with E-state index >= 15 is 0 Å². The van der Waals surface area contributed by atoms with E-state index in [0.29, 0.717) is 0 Å². The zero-order valence-corrected chi connectivity index (χ0v) is 10.9. The van der Waals surface area contributed by atoms with E-state index < -0.39 is 0 Å². The first-order chi connectivity index (χ1) is 8.72. The van der Waals surface area contributed by atoms with Crippen LogP contribution in [0.25, 0.3) is 11.1 Å². The largest absolute Gasteiger partial charge is 0.493 e. The molecular weight excluding hydrogens is 222 g/mol. The van der Waals surface area contributed by atoms with Crippen molar-refractivity contribution in [2.24, 2.45) is 0 Å². The summed E-state index contributed by atoms with van der Waals surface area (Å²) in [6.07, 6.45) is 1.00. The molecule has 0 bridgehead atoms. The van der Waals surface area contributed by atoms with Crippen molar-refractivity contribution in [2.45, 2.75) is 20.3 Å². The lowest BCUT2D eigenvalue weighted by Crippen LogP contribution is -1.97. The van der Waals surface area contributed by atoms with Gasteiger partial charge in [-0.2, -0.15) is 0 Å². The topological polar surface area (TPSA) is 35.2 Å². The van der Waals surface area contributed by atoms with E-state index in [-0.39, 0.29) is 0 Å². The fourth-order valence-corrected chi connectivity index (χ4v) is 1.85. The number of hydrogen-bond acceptors (Lipinski definition) is 2. The van der Waals surface area contributed by atoms with Crippen LogP contribution in [0.3, 0.4) is 0 Å². The lowest BCUT2D eigenvalue weighted by Gasteiger charge is -2.12. The Morgan fingerprint density at radius 3 is 2.61 bits per heavy atom. The Morgan fingerprint density at radius 2 is 1.89 bits per heavy atom. The number of aryl methyl sites for hydroxylation is 1. The van der Waals surface area contributed by atoms with E-state index in [2.05, 4.69) is 19.1 Å². The Balaban J connectivity index is 2.39. The average Bonchev–Trinajstić information content (AvgIpc) is 2.40. The summed E-state index contributed by atoms with van der Waals surface area (Å²) in [7, 11) is 0. The number of rotatable bonds is 4. The van der Waals surface area contributed by atoms with E-state index in [0.717, 1.165) is 41.2 Å². The van der Waals surface area contributed by atoms with Gasteiger partial charge in [-0.05, 0) is 36.6 Å². The van der Waals surface area contributed by atoms with Gasteiger partial charge in [-0.1, -0.05) is 37.3 Å². The molecular formula is C16H19NO. The maximum absolute atomic E-state index is 5.97. The average molecular weight is 241 g/mol. The summed E-state index contributed by atoms with van der Waals surface area (Å²) in [4.78, 5) is 0. The third kappa shape index (κ3) is 2.65. The van der Waals surface area contributed by atoms with Crippen LogP contribution < -0.4 is 10.5 Å². The molecule has 0 amide bonds. The molecule has 0 saturated heterocycles. The highest BCUT2D eigenvalue weighted by molar-refractivity contribution is 5.73. The van der Waals surface area contributed by atoms with Crippen molar-refractivity contribution in [2.75, 3.05) is 12.3 Å². The zero-order valence-electron chi connectivity index (χ0n) is 10.9. The van der Waals surface area contributed by atoms with Crippen molar-refractivity contribution >= 4 is 5.69 Å². The Labute approximate surface area is 108 Å². The molecule has 0 aliphatic rings. The molecule has 2 rings (SSSR count). The molecule has 0 spiro atoms. The maximum Gasteiger partial charge on any atom is 0.127 e. The van der Waals surface area contributed by atoms with Gasteiger partial charge in [0.1, 0.15) is 5.75 Å². The molecule has 94 valence electrons. The minimum absolute atomic E-state index is 0.734. The predicted molar refractivity (Wildman–Crippen MR) is 76.8 cm³/mol.